The molecular formula is C20H23N3O3. The average molecular weight is 353 g/mol. The predicted molar refractivity (Wildman–Crippen MR) is 100 cm³/mol. The summed E-state index contributed by atoms with van der Waals surface area (Å²) in [6.07, 6.45) is 2.06. The second-order valence-corrected chi connectivity index (χ2v) is 6.36. The fraction of sp³-hybridized carbons (Fsp3) is 0.300. The van der Waals surface area contributed by atoms with Gasteiger partial charge in [0.25, 0.3) is 0 Å². The molecule has 0 spiro atoms. The van der Waals surface area contributed by atoms with Gasteiger partial charge in [0, 0.05) is 13.1 Å². The third kappa shape index (κ3) is 5.24. The number of likely N-dealkylation sites (N-methyl/N-ethyl adjacent to an activating group) is 1. The minimum absolute atomic E-state index is 0.0686. The van der Waals surface area contributed by atoms with Gasteiger partial charge in [0.05, 0.1) is 18.8 Å². The van der Waals surface area contributed by atoms with E-state index in [4.69, 9.17) is 4.74 Å². The van der Waals surface area contributed by atoms with E-state index >= 15 is 0 Å². The van der Waals surface area contributed by atoms with Gasteiger partial charge in [0.2, 0.25) is 11.8 Å². The van der Waals surface area contributed by atoms with Crippen LogP contribution < -0.4 is 15.4 Å². The maximum atomic E-state index is 12.3. The van der Waals surface area contributed by atoms with Gasteiger partial charge in [0.1, 0.15) is 5.75 Å². The van der Waals surface area contributed by atoms with Crippen molar-refractivity contribution in [2.75, 3.05) is 25.5 Å². The van der Waals surface area contributed by atoms with Crippen molar-refractivity contribution in [3.05, 3.63) is 54.6 Å². The molecule has 1 aliphatic carbocycles. The molecule has 0 radical (unpaired) electrons. The first kappa shape index (κ1) is 17.8. The molecule has 3 rings (SSSR count). The first-order valence-electron chi connectivity index (χ1n) is 8.71. The zero-order valence-corrected chi connectivity index (χ0v) is 14.8. The maximum absolute atomic E-state index is 12.3. The van der Waals surface area contributed by atoms with Crippen LogP contribution in [0.25, 0.3) is 0 Å². The van der Waals surface area contributed by atoms with Gasteiger partial charge in [-0.05, 0) is 37.1 Å². The van der Waals surface area contributed by atoms with Crippen LogP contribution in [0.3, 0.4) is 0 Å². The number of carbonyl (C=O) groups excluding carboxylic acids is 2. The molecule has 0 aliphatic heterocycles. The summed E-state index contributed by atoms with van der Waals surface area (Å²) in [5.74, 6) is 1.09. The molecule has 0 unspecified atom stereocenters. The molecule has 0 atom stereocenters. The lowest BCUT2D eigenvalue weighted by Gasteiger charge is -2.18. The van der Waals surface area contributed by atoms with E-state index in [-0.39, 0.29) is 24.9 Å². The van der Waals surface area contributed by atoms with Crippen molar-refractivity contribution in [2.24, 2.45) is 0 Å². The summed E-state index contributed by atoms with van der Waals surface area (Å²) in [5.41, 5.74) is 0.723. The molecule has 2 N–H and O–H groups in total. The van der Waals surface area contributed by atoms with E-state index in [1.54, 1.807) is 7.05 Å². The molecule has 0 saturated heterocycles. The highest BCUT2D eigenvalue weighted by atomic mass is 16.5. The fourth-order valence-electron chi connectivity index (χ4n) is 2.43. The van der Waals surface area contributed by atoms with Crippen molar-refractivity contribution in [3.63, 3.8) is 0 Å². The van der Waals surface area contributed by atoms with E-state index in [0.29, 0.717) is 11.8 Å². The van der Waals surface area contributed by atoms with Crippen LogP contribution in [0, 0.1) is 0 Å². The predicted octanol–water partition coefficient (Wildman–Crippen LogP) is 2.63. The summed E-state index contributed by atoms with van der Waals surface area (Å²) in [7, 11) is 1.63. The Morgan fingerprint density at radius 2 is 1.77 bits per heavy atom. The number of hydrogen-bond acceptors (Lipinski definition) is 4. The lowest BCUT2D eigenvalue weighted by atomic mass is 10.3. The first-order chi connectivity index (χ1) is 12.6. The minimum atomic E-state index is -0.162. The van der Waals surface area contributed by atoms with E-state index in [0.717, 1.165) is 24.3 Å². The molecule has 1 saturated carbocycles. The largest absolute Gasteiger partial charge is 0.455 e. The number of nitrogens with zero attached hydrogens (tertiary/aromatic N) is 1. The third-order valence-corrected chi connectivity index (χ3v) is 4.04. The smallest absolute Gasteiger partial charge is 0.242 e. The summed E-state index contributed by atoms with van der Waals surface area (Å²) >= 11 is 0. The quantitative estimate of drug-likeness (QED) is 0.765. The molecule has 0 heterocycles. The van der Waals surface area contributed by atoms with Crippen molar-refractivity contribution in [1.82, 2.24) is 10.2 Å². The van der Waals surface area contributed by atoms with Gasteiger partial charge < -0.3 is 20.3 Å². The molecule has 26 heavy (non-hydrogen) atoms. The Morgan fingerprint density at radius 1 is 1.08 bits per heavy atom. The van der Waals surface area contributed by atoms with Crippen molar-refractivity contribution < 1.29 is 14.3 Å². The van der Waals surface area contributed by atoms with Gasteiger partial charge in [0.15, 0.2) is 5.75 Å². The van der Waals surface area contributed by atoms with E-state index in [1.807, 2.05) is 54.6 Å². The number of nitrogens with one attached hydrogen (secondary N) is 2. The maximum Gasteiger partial charge on any atom is 0.242 e. The van der Waals surface area contributed by atoms with Crippen molar-refractivity contribution in [1.29, 1.82) is 0 Å². The molecule has 6 heteroatoms. The summed E-state index contributed by atoms with van der Waals surface area (Å²) in [6.45, 7) is 0.154. The highest BCUT2D eigenvalue weighted by Gasteiger charge is 2.24. The highest BCUT2D eigenvalue weighted by Crippen LogP contribution is 2.28. The van der Waals surface area contributed by atoms with Crippen molar-refractivity contribution in [3.8, 4) is 11.5 Å². The van der Waals surface area contributed by atoms with E-state index in [2.05, 4.69) is 10.6 Å². The number of amides is 2. The van der Waals surface area contributed by atoms with Gasteiger partial charge in [-0.25, -0.2) is 0 Å². The molecule has 6 nitrogen and oxygen atoms in total. The Kier molecular flexibility index (Phi) is 5.73. The van der Waals surface area contributed by atoms with Crippen LogP contribution in [-0.2, 0) is 9.59 Å². The van der Waals surface area contributed by atoms with Crippen LogP contribution in [0.1, 0.15) is 12.8 Å². The van der Waals surface area contributed by atoms with Crippen molar-refractivity contribution in [2.45, 2.75) is 18.9 Å². The SMILES string of the molecule is CN(CC(=O)NC1CC1)C(=O)CNc1ccccc1Oc1ccccc1. The molecule has 0 bridgehead atoms. The lowest BCUT2D eigenvalue weighted by Crippen LogP contribution is -2.41. The van der Waals surface area contributed by atoms with Crippen LogP contribution in [0.5, 0.6) is 11.5 Å². The Balaban J connectivity index is 1.53. The zero-order valence-electron chi connectivity index (χ0n) is 14.8. The summed E-state index contributed by atoms with van der Waals surface area (Å²) in [6, 6.07) is 17.2. The molecule has 1 aliphatic rings. The van der Waals surface area contributed by atoms with Crippen LogP contribution in [0.15, 0.2) is 54.6 Å². The lowest BCUT2D eigenvalue weighted by molar-refractivity contribution is -0.133. The molecular weight excluding hydrogens is 330 g/mol. The van der Waals surface area contributed by atoms with Crippen LogP contribution >= 0.6 is 0 Å². The molecule has 1 fully saturated rings. The van der Waals surface area contributed by atoms with E-state index < -0.39 is 0 Å². The molecule has 136 valence electrons. The Bertz CT molecular complexity index is 760. The highest BCUT2D eigenvalue weighted by molar-refractivity contribution is 5.87. The monoisotopic (exact) mass is 353 g/mol. The molecule has 2 aromatic rings. The van der Waals surface area contributed by atoms with Gasteiger partial charge >= 0.3 is 0 Å². The summed E-state index contributed by atoms with van der Waals surface area (Å²) < 4.78 is 5.87. The number of anilines is 1. The van der Waals surface area contributed by atoms with Crippen molar-refractivity contribution >= 4 is 17.5 Å². The van der Waals surface area contributed by atoms with Crippen LogP contribution in [0.2, 0.25) is 0 Å². The Hall–Kier alpha value is -3.02. The number of para-hydroxylation sites is 3. The standard InChI is InChI=1S/C20H23N3O3/c1-23(14-19(24)22-15-11-12-15)20(25)13-21-17-9-5-6-10-18(17)26-16-7-3-2-4-8-16/h2-10,15,21H,11-14H2,1H3,(H,22,24). The minimum Gasteiger partial charge on any atom is -0.455 e. The number of rotatable bonds is 8. The number of benzene rings is 2. The first-order valence-corrected chi connectivity index (χ1v) is 8.71. The van der Waals surface area contributed by atoms with Crippen LogP contribution in [-0.4, -0.2) is 42.9 Å². The average Bonchev–Trinajstić information content (AvgIpc) is 3.45. The number of hydrogen-bond donors (Lipinski definition) is 2. The fourth-order valence-corrected chi connectivity index (χ4v) is 2.43. The molecule has 0 aromatic heterocycles. The van der Waals surface area contributed by atoms with Crippen LogP contribution in [0.4, 0.5) is 5.69 Å². The third-order valence-electron chi connectivity index (χ3n) is 4.04. The van der Waals surface area contributed by atoms with Gasteiger partial charge in [-0.3, -0.25) is 9.59 Å². The normalized spacial score (nSPS) is 13.0. The van der Waals surface area contributed by atoms with E-state index in [1.165, 1.54) is 4.90 Å². The molecule has 2 aromatic carbocycles. The van der Waals surface area contributed by atoms with Gasteiger partial charge in [-0.15, -0.1) is 0 Å². The number of ether oxygens (including phenoxy) is 1. The Labute approximate surface area is 153 Å². The molecule has 2 amide bonds. The Morgan fingerprint density at radius 3 is 2.50 bits per heavy atom. The summed E-state index contributed by atoms with van der Waals surface area (Å²) in [4.78, 5) is 25.5. The second-order valence-electron chi connectivity index (χ2n) is 6.36. The second kappa shape index (κ2) is 8.38. The topological polar surface area (TPSA) is 70.7 Å². The van der Waals surface area contributed by atoms with Gasteiger partial charge in [-0.2, -0.15) is 0 Å². The zero-order chi connectivity index (χ0) is 18.4. The number of carbonyl (C=O) groups is 2. The van der Waals surface area contributed by atoms with E-state index in [9.17, 15) is 9.59 Å². The van der Waals surface area contributed by atoms with Gasteiger partial charge in [-0.1, -0.05) is 30.3 Å². The summed E-state index contributed by atoms with van der Waals surface area (Å²) in [5, 5.41) is 5.97.